The quantitative estimate of drug-likeness (QED) is 0.740. The van der Waals surface area contributed by atoms with Crippen LogP contribution in [0, 0.1) is 0 Å². The molecule has 1 aliphatic rings. The number of aryl methyl sites for hydroxylation is 1. The fourth-order valence-corrected chi connectivity index (χ4v) is 2.34. The number of aromatic nitrogens is 2. The normalized spacial score (nSPS) is 25.4. The van der Waals surface area contributed by atoms with E-state index >= 15 is 0 Å². The average Bonchev–Trinajstić information content (AvgIpc) is 2.74. The summed E-state index contributed by atoms with van der Waals surface area (Å²) in [7, 11) is 3.63. The molecule has 0 saturated carbocycles. The van der Waals surface area contributed by atoms with Crippen molar-refractivity contribution in [3.8, 4) is 0 Å². The van der Waals surface area contributed by atoms with Crippen LogP contribution in [0.1, 0.15) is 24.5 Å². The Labute approximate surface area is 95.2 Å². The van der Waals surface area contributed by atoms with Gasteiger partial charge in [0, 0.05) is 31.9 Å². The van der Waals surface area contributed by atoms with E-state index in [1.807, 2.05) is 24.0 Å². The van der Waals surface area contributed by atoms with E-state index in [1.165, 1.54) is 5.69 Å². The van der Waals surface area contributed by atoms with Gasteiger partial charge in [-0.1, -0.05) is 0 Å². The number of nitrogens with zero attached hydrogens (tertiary/aromatic N) is 2. The summed E-state index contributed by atoms with van der Waals surface area (Å²) in [4.78, 5) is 11.6. The molecule has 0 aliphatic carbocycles. The molecular weight excluding hydrogens is 204 g/mol. The van der Waals surface area contributed by atoms with E-state index in [4.69, 9.17) is 0 Å². The van der Waals surface area contributed by atoms with Crippen LogP contribution < -0.4 is 10.6 Å². The number of likely N-dealkylation sites (N-methyl/N-ethyl adjacent to an activating group) is 1. The number of nitrogens with one attached hydrogen (secondary N) is 2. The van der Waals surface area contributed by atoms with Gasteiger partial charge in [0.1, 0.15) is 0 Å². The smallest absolute Gasteiger partial charge is 0.236 e. The maximum absolute atomic E-state index is 11.6. The summed E-state index contributed by atoms with van der Waals surface area (Å²) < 4.78 is 1.90. The minimum Gasteiger partial charge on any atom is -0.358 e. The van der Waals surface area contributed by atoms with Crippen molar-refractivity contribution in [1.29, 1.82) is 0 Å². The lowest BCUT2D eigenvalue weighted by atomic mass is 9.89. The van der Waals surface area contributed by atoms with Crippen molar-refractivity contribution >= 4 is 5.91 Å². The molecule has 1 aromatic heterocycles. The first-order valence-electron chi connectivity index (χ1n) is 5.65. The Balaban J connectivity index is 2.07. The summed E-state index contributed by atoms with van der Waals surface area (Å²) in [5.41, 5.74) is 1.22. The van der Waals surface area contributed by atoms with Gasteiger partial charge in [0.05, 0.1) is 6.04 Å². The maximum Gasteiger partial charge on any atom is 0.236 e. The van der Waals surface area contributed by atoms with Crippen LogP contribution in [0.3, 0.4) is 0 Å². The summed E-state index contributed by atoms with van der Waals surface area (Å²) in [6.45, 7) is 0.883. The van der Waals surface area contributed by atoms with E-state index < -0.39 is 0 Å². The molecule has 0 spiro atoms. The molecular formula is C11H18N4O. The first-order chi connectivity index (χ1) is 7.72. The van der Waals surface area contributed by atoms with Gasteiger partial charge in [-0.05, 0) is 25.5 Å². The molecule has 88 valence electrons. The molecule has 1 aromatic rings. The molecule has 2 N–H and O–H groups in total. The summed E-state index contributed by atoms with van der Waals surface area (Å²) in [5.74, 6) is 0.503. The van der Waals surface area contributed by atoms with Crippen LogP contribution in [0.5, 0.6) is 0 Å². The Kier molecular flexibility index (Phi) is 3.24. The maximum atomic E-state index is 11.6. The third kappa shape index (κ3) is 2.09. The van der Waals surface area contributed by atoms with Crippen LogP contribution in [0.25, 0.3) is 0 Å². The van der Waals surface area contributed by atoms with Crippen LogP contribution >= 0.6 is 0 Å². The molecule has 0 radical (unpaired) electrons. The lowest BCUT2D eigenvalue weighted by molar-refractivity contribution is -0.123. The molecule has 2 rings (SSSR count). The molecule has 2 unspecified atom stereocenters. The Bertz CT molecular complexity index is 374. The predicted octanol–water partition coefficient (Wildman–Crippen LogP) is 0.00170. The number of amides is 1. The molecule has 0 aromatic carbocycles. The lowest BCUT2D eigenvalue weighted by Gasteiger charge is -2.29. The van der Waals surface area contributed by atoms with E-state index in [2.05, 4.69) is 15.7 Å². The molecule has 1 amide bonds. The van der Waals surface area contributed by atoms with Crippen LogP contribution in [0.15, 0.2) is 12.3 Å². The van der Waals surface area contributed by atoms with Gasteiger partial charge in [0.2, 0.25) is 5.91 Å². The second kappa shape index (κ2) is 4.65. The molecule has 0 bridgehead atoms. The second-order valence-corrected chi connectivity index (χ2v) is 4.22. The van der Waals surface area contributed by atoms with Gasteiger partial charge in [-0.25, -0.2) is 0 Å². The molecule has 2 heterocycles. The monoisotopic (exact) mass is 222 g/mol. The van der Waals surface area contributed by atoms with Crippen molar-refractivity contribution in [1.82, 2.24) is 20.4 Å². The Morgan fingerprint density at radius 2 is 2.50 bits per heavy atom. The Morgan fingerprint density at radius 1 is 1.69 bits per heavy atom. The third-order valence-electron chi connectivity index (χ3n) is 3.24. The van der Waals surface area contributed by atoms with Crippen molar-refractivity contribution in [2.75, 3.05) is 13.6 Å². The van der Waals surface area contributed by atoms with Crippen LogP contribution in [-0.4, -0.2) is 35.3 Å². The molecule has 5 nitrogen and oxygen atoms in total. The predicted molar refractivity (Wildman–Crippen MR) is 61.0 cm³/mol. The van der Waals surface area contributed by atoms with Gasteiger partial charge >= 0.3 is 0 Å². The van der Waals surface area contributed by atoms with E-state index in [0.717, 1.165) is 19.4 Å². The fraction of sp³-hybridized carbons (Fsp3) is 0.636. The SMILES string of the molecule is CNC(=O)C1CC(c2ccnn2C)CCN1. The first-order valence-corrected chi connectivity index (χ1v) is 5.65. The second-order valence-electron chi connectivity index (χ2n) is 4.22. The molecule has 5 heteroatoms. The molecule has 1 fully saturated rings. The minimum atomic E-state index is -0.0707. The third-order valence-corrected chi connectivity index (χ3v) is 3.24. The van der Waals surface area contributed by atoms with Crippen molar-refractivity contribution in [3.63, 3.8) is 0 Å². The minimum absolute atomic E-state index is 0.0707. The van der Waals surface area contributed by atoms with Crippen LogP contribution in [-0.2, 0) is 11.8 Å². The van der Waals surface area contributed by atoms with E-state index in [0.29, 0.717) is 5.92 Å². The van der Waals surface area contributed by atoms with Crippen molar-refractivity contribution < 1.29 is 4.79 Å². The summed E-state index contributed by atoms with van der Waals surface area (Å²) in [5, 5.41) is 10.1. The van der Waals surface area contributed by atoms with Gasteiger partial charge in [-0.3, -0.25) is 9.48 Å². The number of piperidine rings is 1. The first kappa shape index (κ1) is 11.1. The number of hydrogen-bond donors (Lipinski definition) is 2. The van der Waals surface area contributed by atoms with Crippen LogP contribution in [0.4, 0.5) is 0 Å². The lowest BCUT2D eigenvalue weighted by Crippen LogP contribution is -2.47. The zero-order valence-corrected chi connectivity index (χ0v) is 9.73. The fourth-order valence-electron chi connectivity index (χ4n) is 2.34. The van der Waals surface area contributed by atoms with Gasteiger partial charge in [0.25, 0.3) is 0 Å². The zero-order chi connectivity index (χ0) is 11.5. The van der Waals surface area contributed by atoms with E-state index in [9.17, 15) is 4.79 Å². The largest absolute Gasteiger partial charge is 0.358 e. The highest BCUT2D eigenvalue weighted by Gasteiger charge is 2.28. The van der Waals surface area contributed by atoms with E-state index in [1.54, 1.807) is 7.05 Å². The Morgan fingerprint density at radius 3 is 3.12 bits per heavy atom. The van der Waals surface area contributed by atoms with E-state index in [-0.39, 0.29) is 11.9 Å². The number of carbonyl (C=O) groups is 1. The zero-order valence-electron chi connectivity index (χ0n) is 9.73. The van der Waals surface area contributed by atoms with Crippen LogP contribution in [0.2, 0.25) is 0 Å². The topological polar surface area (TPSA) is 59.0 Å². The van der Waals surface area contributed by atoms with Gasteiger partial charge in [-0.2, -0.15) is 5.10 Å². The highest BCUT2D eigenvalue weighted by Crippen LogP contribution is 2.26. The number of carbonyl (C=O) groups excluding carboxylic acids is 1. The highest BCUT2D eigenvalue weighted by atomic mass is 16.2. The number of hydrogen-bond acceptors (Lipinski definition) is 3. The molecule has 2 atom stereocenters. The van der Waals surface area contributed by atoms with Crippen molar-refractivity contribution in [2.45, 2.75) is 24.8 Å². The molecule has 1 aliphatic heterocycles. The highest BCUT2D eigenvalue weighted by molar-refractivity contribution is 5.81. The summed E-state index contributed by atoms with van der Waals surface area (Å²) in [6, 6.07) is 1.97. The average molecular weight is 222 g/mol. The molecule has 1 saturated heterocycles. The van der Waals surface area contributed by atoms with Crippen molar-refractivity contribution in [3.05, 3.63) is 18.0 Å². The van der Waals surface area contributed by atoms with Crippen molar-refractivity contribution in [2.24, 2.45) is 7.05 Å². The summed E-state index contributed by atoms with van der Waals surface area (Å²) in [6.07, 6.45) is 3.72. The van der Waals surface area contributed by atoms with Gasteiger partial charge in [-0.15, -0.1) is 0 Å². The summed E-state index contributed by atoms with van der Waals surface area (Å²) >= 11 is 0. The van der Waals surface area contributed by atoms with Gasteiger partial charge in [0.15, 0.2) is 0 Å². The standard InChI is InChI=1S/C11H18N4O/c1-12-11(16)9-7-8(3-5-13-9)10-4-6-14-15(10)2/h4,6,8-9,13H,3,5,7H2,1-2H3,(H,12,16). The number of rotatable bonds is 2. The van der Waals surface area contributed by atoms with Gasteiger partial charge < -0.3 is 10.6 Å². The Hall–Kier alpha value is -1.36. The molecule has 16 heavy (non-hydrogen) atoms.